The van der Waals surface area contributed by atoms with Crippen LogP contribution in [-0.4, -0.2) is 5.84 Å². The fourth-order valence-electron chi connectivity index (χ4n) is 1.41. The maximum atomic E-state index is 13.0. The summed E-state index contributed by atoms with van der Waals surface area (Å²) in [6.07, 6.45) is 0. The second-order valence-corrected chi connectivity index (χ2v) is 4.47. The third-order valence-electron chi connectivity index (χ3n) is 2.27. The number of ether oxygens (including phenoxy) is 1. The van der Waals surface area contributed by atoms with Crippen molar-refractivity contribution in [3.05, 3.63) is 58.3 Å². The van der Waals surface area contributed by atoms with Crippen LogP contribution in [0, 0.1) is 11.2 Å². The van der Waals surface area contributed by atoms with Gasteiger partial charge in [-0.3, -0.25) is 5.41 Å². The number of halogens is 2. The van der Waals surface area contributed by atoms with Crippen molar-refractivity contribution in [2.45, 2.75) is 0 Å². The minimum Gasteiger partial charge on any atom is -0.456 e. The monoisotopic (exact) mass is 308 g/mol. The van der Waals surface area contributed by atoms with Crippen molar-refractivity contribution < 1.29 is 9.13 Å². The summed E-state index contributed by atoms with van der Waals surface area (Å²) in [4.78, 5) is 0. The van der Waals surface area contributed by atoms with E-state index in [1.165, 1.54) is 12.1 Å². The third kappa shape index (κ3) is 2.87. The number of benzene rings is 2. The molecule has 3 N–H and O–H groups in total. The second-order valence-electron chi connectivity index (χ2n) is 3.62. The number of hydrogen-bond acceptors (Lipinski definition) is 2. The molecular weight excluding hydrogens is 299 g/mol. The highest BCUT2D eigenvalue weighted by molar-refractivity contribution is 9.10. The Hall–Kier alpha value is -1.88. The van der Waals surface area contributed by atoms with Gasteiger partial charge in [-0.2, -0.15) is 0 Å². The summed E-state index contributed by atoms with van der Waals surface area (Å²) in [5, 5.41) is 7.32. The molecular formula is C13H10BrFN2O. The van der Waals surface area contributed by atoms with Gasteiger partial charge in [0.2, 0.25) is 0 Å². The van der Waals surface area contributed by atoms with Gasteiger partial charge >= 0.3 is 0 Å². The van der Waals surface area contributed by atoms with E-state index in [4.69, 9.17) is 15.9 Å². The average Bonchev–Trinajstić information content (AvgIpc) is 2.31. The highest BCUT2D eigenvalue weighted by atomic mass is 79.9. The molecule has 18 heavy (non-hydrogen) atoms. The van der Waals surface area contributed by atoms with Gasteiger partial charge in [0.25, 0.3) is 0 Å². The quantitative estimate of drug-likeness (QED) is 0.671. The van der Waals surface area contributed by atoms with E-state index < -0.39 is 0 Å². The maximum Gasteiger partial charge on any atom is 0.141 e. The lowest BCUT2D eigenvalue weighted by molar-refractivity contribution is 0.474. The minimum atomic E-state index is -0.357. The summed E-state index contributed by atoms with van der Waals surface area (Å²) < 4.78 is 19.2. The van der Waals surface area contributed by atoms with Gasteiger partial charge in [0.05, 0.1) is 4.47 Å². The summed E-state index contributed by atoms with van der Waals surface area (Å²) in [7, 11) is 0. The van der Waals surface area contributed by atoms with E-state index in [-0.39, 0.29) is 11.7 Å². The van der Waals surface area contributed by atoms with Crippen LogP contribution in [0.15, 0.2) is 46.9 Å². The molecule has 2 aromatic rings. The van der Waals surface area contributed by atoms with Crippen LogP contribution in [0.4, 0.5) is 4.39 Å². The van der Waals surface area contributed by atoms with E-state index >= 15 is 0 Å². The zero-order valence-corrected chi connectivity index (χ0v) is 10.9. The van der Waals surface area contributed by atoms with Gasteiger partial charge in [-0.05, 0) is 46.3 Å². The molecule has 2 aromatic carbocycles. The molecule has 0 saturated carbocycles. The molecule has 0 heterocycles. The highest BCUT2D eigenvalue weighted by Gasteiger charge is 2.06. The number of nitrogens with two attached hydrogens (primary N) is 1. The Morgan fingerprint density at radius 3 is 2.61 bits per heavy atom. The predicted octanol–water partition coefficient (Wildman–Crippen LogP) is 3.66. The molecule has 0 spiro atoms. The fourth-order valence-corrected chi connectivity index (χ4v) is 1.87. The number of hydrogen-bond donors (Lipinski definition) is 2. The lowest BCUT2D eigenvalue weighted by atomic mass is 10.2. The second kappa shape index (κ2) is 5.18. The molecule has 0 aromatic heterocycles. The van der Waals surface area contributed by atoms with E-state index in [1.54, 1.807) is 30.3 Å². The van der Waals surface area contributed by atoms with Gasteiger partial charge in [-0.15, -0.1) is 0 Å². The molecule has 0 radical (unpaired) electrons. The van der Waals surface area contributed by atoms with E-state index in [0.29, 0.717) is 21.5 Å². The summed E-state index contributed by atoms with van der Waals surface area (Å²) >= 11 is 3.32. The largest absolute Gasteiger partial charge is 0.456 e. The van der Waals surface area contributed by atoms with Crippen LogP contribution in [0.5, 0.6) is 11.5 Å². The lowest BCUT2D eigenvalue weighted by Gasteiger charge is -2.09. The van der Waals surface area contributed by atoms with Crippen LogP contribution < -0.4 is 10.5 Å². The molecule has 2 rings (SSSR count). The topological polar surface area (TPSA) is 59.1 Å². The first-order chi connectivity index (χ1) is 8.56. The minimum absolute atomic E-state index is 0.0204. The van der Waals surface area contributed by atoms with E-state index in [0.717, 1.165) is 0 Å². The molecule has 3 nitrogen and oxygen atoms in total. The molecule has 0 aliphatic carbocycles. The van der Waals surface area contributed by atoms with Gasteiger partial charge in [0.1, 0.15) is 23.2 Å². The first-order valence-corrected chi connectivity index (χ1v) is 5.93. The molecule has 0 bridgehead atoms. The SMILES string of the molecule is N=C(N)c1ccc(Oc2cccc(F)c2)c(Br)c1. The van der Waals surface area contributed by atoms with Gasteiger partial charge in [0, 0.05) is 11.6 Å². The lowest BCUT2D eigenvalue weighted by Crippen LogP contribution is -2.10. The van der Waals surface area contributed by atoms with Gasteiger partial charge < -0.3 is 10.5 Å². The average molecular weight is 309 g/mol. The summed E-state index contributed by atoms with van der Waals surface area (Å²) in [6, 6.07) is 10.9. The first kappa shape index (κ1) is 12.6. The van der Waals surface area contributed by atoms with Gasteiger partial charge in [-0.1, -0.05) is 6.07 Å². The Morgan fingerprint density at radius 2 is 2.00 bits per heavy atom. The van der Waals surface area contributed by atoms with Crippen LogP contribution in [-0.2, 0) is 0 Å². The molecule has 0 fully saturated rings. The molecule has 92 valence electrons. The van der Waals surface area contributed by atoms with Crippen molar-refractivity contribution in [1.29, 1.82) is 5.41 Å². The zero-order valence-electron chi connectivity index (χ0n) is 9.28. The Balaban J connectivity index is 2.27. The normalized spacial score (nSPS) is 10.1. The van der Waals surface area contributed by atoms with Gasteiger partial charge in [0.15, 0.2) is 0 Å². The fraction of sp³-hybridized carbons (Fsp3) is 0. The summed E-state index contributed by atoms with van der Waals surface area (Å²) in [6.45, 7) is 0. The van der Waals surface area contributed by atoms with Crippen LogP contribution in [0.2, 0.25) is 0 Å². The maximum absolute atomic E-state index is 13.0. The predicted molar refractivity (Wildman–Crippen MR) is 71.6 cm³/mol. The van der Waals surface area contributed by atoms with Crippen LogP contribution in [0.25, 0.3) is 0 Å². The Labute approximate surface area is 112 Å². The van der Waals surface area contributed by atoms with Crippen LogP contribution in [0.3, 0.4) is 0 Å². The Bertz CT molecular complexity index is 601. The summed E-state index contributed by atoms with van der Waals surface area (Å²) in [5.74, 6) is 0.564. The Kier molecular flexibility index (Phi) is 3.62. The molecule has 0 aliphatic heterocycles. The smallest absolute Gasteiger partial charge is 0.141 e. The first-order valence-electron chi connectivity index (χ1n) is 5.13. The van der Waals surface area contributed by atoms with E-state index in [2.05, 4.69) is 15.9 Å². The molecule has 0 aliphatic rings. The standard InChI is InChI=1S/C13H10BrFN2O/c14-11-6-8(13(16)17)4-5-12(11)18-10-3-1-2-9(15)7-10/h1-7H,(H3,16,17). The number of nitrogens with one attached hydrogen (secondary N) is 1. The molecule has 0 amide bonds. The van der Waals surface area contributed by atoms with Crippen LogP contribution in [0.1, 0.15) is 5.56 Å². The van der Waals surface area contributed by atoms with Crippen molar-refractivity contribution in [2.24, 2.45) is 5.73 Å². The summed E-state index contributed by atoms with van der Waals surface area (Å²) in [5.41, 5.74) is 5.97. The number of rotatable bonds is 3. The zero-order chi connectivity index (χ0) is 13.1. The van der Waals surface area contributed by atoms with E-state index in [1.807, 2.05) is 0 Å². The molecule has 5 heteroatoms. The highest BCUT2D eigenvalue weighted by Crippen LogP contribution is 2.30. The van der Waals surface area contributed by atoms with Gasteiger partial charge in [-0.25, -0.2) is 4.39 Å². The third-order valence-corrected chi connectivity index (χ3v) is 2.89. The van der Waals surface area contributed by atoms with Crippen molar-refractivity contribution in [3.63, 3.8) is 0 Å². The van der Waals surface area contributed by atoms with E-state index in [9.17, 15) is 4.39 Å². The van der Waals surface area contributed by atoms with Crippen molar-refractivity contribution in [1.82, 2.24) is 0 Å². The number of amidine groups is 1. The van der Waals surface area contributed by atoms with Crippen molar-refractivity contribution in [3.8, 4) is 11.5 Å². The van der Waals surface area contributed by atoms with Crippen molar-refractivity contribution >= 4 is 21.8 Å². The van der Waals surface area contributed by atoms with Crippen molar-refractivity contribution in [2.75, 3.05) is 0 Å². The number of nitrogen functional groups attached to an aromatic ring is 1. The van der Waals surface area contributed by atoms with Crippen LogP contribution >= 0.6 is 15.9 Å². The molecule has 0 atom stereocenters. The Morgan fingerprint density at radius 1 is 1.22 bits per heavy atom. The molecule has 0 saturated heterocycles. The molecule has 0 unspecified atom stereocenters.